The molecule has 0 aromatic carbocycles. The molecule has 1 unspecified atom stereocenters. The normalized spacial score (nSPS) is 35.3. The summed E-state index contributed by atoms with van der Waals surface area (Å²) in [4.78, 5) is 0. The summed E-state index contributed by atoms with van der Waals surface area (Å²) in [5.74, 6) is 0.445. The maximum absolute atomic E-state index is 5.71. The maximum Gasteiger partial charge on any atom is 0.168 e. The molecule has 3 heteroatoms. The first-order valence-electron chi connectivity index (χ1n) is 5.94. The van der Waals surface area contributed by atoms with E-state index in [1.54, 1.807) is 0 Å². The minimum absolute atomic E-state index is 0.223. The molecule has 1 saturated carbocycles. The molecule has 2 fully saturated rings. The molecule has 3 aliphatic rings. The van der Waals surface area contributed by atoms with Gasteiger partial charge in [-0.3, -0.25) is 0 Å². The fourth-order valence-electron chi connectivity index (χ4n) is 2.90. The molecular weight excluding hydrogens is 192 g/mol. The van der Waals surface area contributed by atoms with Gasteiger partial charge in [-0.15, -0.1) is 0 Å². The molecule has 1 spiro atoms. The summed E-state index contributed by atoms with van der Waals surface area (Å²) >= 11 is 0. The molecule has 0 aromatic heterocycles. The highest BCUT2D eigenvalue weighted by atomic mass is 16.7. The van der Waals surface area contributed by atoms with Crippen molar-refractivity contribution in [3.63, 3.8) is 0 Å². The first-order valence-corrected chi connectivity index (χ1v) is 5.94. The van der Waals surface area contributed by atoms with Gasteiger partial charge in [0.05, 0.1) is 25.9 Å². The van der Waals surface area contributed by atoms with Crippen molar-refractivity contribution in [2.75, 3.05) is 19.8 Å². The van der Waals surface area contributed by atoms with E-state index >= 15 is 0 Å². The molecule has 2 aliphatic heterocycles. The van der Waals surface area contributed by atoms with Crippen molar-refractivity contribution >= 4 is 0 Å². The quantitative estimate of drug-likeness (QED) is 0.618. The van der Waals surface area contributed by atoms with Crippen LogP contribution in [-0.2, 0) is 14.2 Å². The van der Waals surface area contributed by atoms with Crippen molar-refractivity contribution in [2.45, 2.75) is 37.6 Å². The van der Waals surface area contributed by atoms with Crippen LogP contribution in [0.3, 0.4) is 0 Å². The maximum atomic E-state index is 5.71. The Morgan fingerprint density at radius 1 is 1.07 bits per heavy atom. The molecule has 3 nitrogen and oxygen atoms in total. The summed E-state index contributed by atoms with van der Waals surface area (Å²) < 4.78 is 17.1. The van der Waals surface area contributed by atoms with Gasteiger partial charge in [-0.25, -0.2) is 0 Å². The fourth-order valence-corrected chi connectivity index (χ4v) is 2.90. The molecule has 1 aliphatic carbocycles. The lowest BCUT2D eigenvalue weighted by Gasteiger charge is -2.36. The van der Waals surface area contributed by atoms with Crippen LogP contribution in [0.4, 0.5) is 0 Å². The minimum Gasteiger partial charge on any atom is -0.370 e. The molecule has 1 saturated heterocycles. The second-order valence-electron chi connectivity index (χ2n) is 4.67. The summed E-state index contributed by atoms with van der Waals surface area (Å²) in [6.07, 6.45) is 9.07. The Labute approximate surface area is 90.4 Å². The smallest absolute Gasteiger partial charge is 0.168 e. The molecule has 0 aromatic rings. The summed E-state index contributed by atoms with van der Waals surface area (Å²) in [7, 11) is 0. The van der Waals surface area contributed by atoms with Crippen LogP contribution in [0.25, 0.3) is 0 Å². The van der Waals surface area contributed by atoms with Gasteiger partial charge < -0.3 is 14.2 Å². The van der Waals surface area contributed by atoms with Crippen molar-refractivity contribution in [1.29, 1.82) is 0 Å². The third kappa shape index (κ3) is 1.84. The Hall–Kier alpha value is -0.380. The van der Waals surface area contributed by atoms with E-state index in [1.807, 2.05) is 0 Å². The highest BCUT2D eigenvalue weighted by Crippen LogP contribution is 2.40. The van der Waals surface area contributed by atoms with Crippen molar-refractivity contribution < 1.29 is 14.2 Å². The van der Waals surface area contributed by atoms with Gasteiger partial charge in [-0.05, 0) is 18.8 Å². The number of hydrogen-bond donors (Lipinski definition) is 0. The highest BCUT2D eigenvalue weighted by molar-refractivity contribution is 5.00. The Morgan fingerprint density at radius 2 is 1.80 bits per heavy atom. The SMILES string of the molecule is C1=CC(C2CCC3(CC2)OCCO3)OC1. The predicted octanol–water partition coefficient (Wildman–Crippen LogP) is 1.87. The molecule has 0 amide bonds. The second-order valence-corrected chi connectivity index (χ2v) is 4.67. The third-order valence-corrected chi connectivity index (χ3v) is 3.78. The standard InChI is InChI=1S/C12H18O3/c1-2-11(13-7-1)10-3-5-12(6-4-10)14-8-9-15-12/h1-2,10-11H,3-9H2. The van der Waals surface area contributed by atoms with E-state index in [-0.39, 0.29) is 5.79 Å². The Bertz CT molecular complexity index is 246. The largest absolute Gasteiger partial charge is 0.370 e. The minimum atomic E-state index is -0.223. The van der Waals surface area contributed by atoms with Gasteiger partial charge in [0.2, 0.25) is 0 Å². The monoisotopic (exact) mass is 210 g/mol. The van der Waals surface area contributed by atoms with Gasteiger partial charge in [0.25, 0.3) is 0 Å². The van der Waals surface area contributed by atoms with E-state index in [9.17, 15) is 0 Å². The van der Waals surface area contributed by atoms with Gasteiger partial charge in [-0.1, -0.05) is 12.2 Å². The van der Waals surface area contributed by atoms with Crippen LogP contribution >= 0.6 is 0 Å². The van der Waals surface area contributed by atoms with Gasteiger partial charge in [0.15, 0.2) is 5.79 Å². The van der Waals surface area contributed by atoms with Crippen molar-refractivity contribution in [3.05, 3.63) is 12.2 Å². The Balaban J connectivity index is 1.58. The lowest BCUT2D eigenvalue weighted by atomic mass is 9.82. The number of rotatable bonds is 1. The average Bonchev–Trinajstić information content (AvgIpc) is 2.91. The molecular formula is C12H18O3. The number of hydrogen-bond acceptors (Lipinski definition) is 3. The van der Waals surface area contributed by atoms with Crippen LogP contribution in [0.2, 0.25) is 0 Å². The first-order chi connectivity index (χ1) is 7.38. The molecule has 2 heterocycles. The summed E-state index contributed by atoms with van der Waals surface area (Å²) in [6, 6.07) is 0. The van der Waals surface area contributed by atoms with E-state index in [0.29, 0.717) is 12.0 Å². The number of ether oxygens (including phenoxy) is 3. The van der Waals surface area contributed by atoms with Crippen molar-refractivity contribution in [2.24, 2.45) is 5.92 Å². The second kappa shape index (κ2) is 3.89. The zero-order valence-corrected chi connectivity index (χ0v) is 8.98. The van der Waals surface area contributed by atoms with Gasteiger partial charge >= 0.3 is 0 Å². The zero-order chi connectivity index (χ0) is 10.1. The van der Waals surface area contributed by atoms with Crippen LogP contribution in [-0.4, -0.2) is 31.7 Å². The summed E-state index contributed by atoms with van der Waals surface area (Å²) in [5.41, 5.74) is 0. The molecule has 0 radical (unpaired) electrons. The highest BCUT2D eigenvalue weighted by Gasteiger charge is 2.41. The van der Waals surface area contributed by atoms with Gasteiger partial charge in [0, 0.05) is 12.8 Å². The van der Waals surface area contributed by atoms with Crippen LogP contribution in [0.1, 0.15) is 25.7 Å². The average molecular weight is 210 g/mol. The van der Waals surface area contributed by atoms with E-state index < -0.39 is 0 Å². The van der Waals surface area contributed by atoms with Crippen molar-refractivity contribution in [3.8, 4) is 0 Å². The van der Waals surface area contributed by atoms with Crippen LogP contribution < -0.4 is 0 Å². The first kappa shape index (κ1) is 9.82. The molecule has 0 N–H and O–H groups in total. The van der Waals surface area contributed by atoms with Gasteiger partial charge in [-0.2, -0.15) is 0 Å². The zero-order valence-electron chi connectivity index (χ0n) is 8.98. The van der Waals surface area contributed by atoms with E-state index in [2.05, 4.69) is 12.2 Å². The molecule has 3 rings (SSSR count). The van der Waals surface area contributed by atoms with Gasteiger partial charge in [0.1, 0.15) is 0 Å². The van der Waals surface area contributed by atoms with Crippen molar-refractivity contribution in [1.82, 2.24) is 0 Å². The molecule has 84 valence electrons. The molecule has 0 bridgehead atoms. The van der Waals surface area contributed by atoms with Crippen LogP contribution in [0, 0.1) is 5.92 Å². The van der Waals surface area contributed by atoms with E-state index in [0.717, 1.165) is 45.5 Å². The molecule has 1 atom stereocenters. The lowest BCUT2D eigenvalue weighted by molar-refractivity contribution is -0.186. The van der Waals surface area contributed by atoms with E-state index in [1.165, 1.54) is 0 Å². The van der Waals surface area contributed by atoms with E-state index in [4.69, 9.17) is 14.2 Å². The summed E-state index contributed by atoms with van der Waals surface area (Å²) in [6.45, 7) is 2.33. The topological polar surface area (TPSA) is 27.7 Å². The lowest BCUT2D eigenvalue weighted by Crippen LogP contribution is -2.37. The molecule has 15 heavy (non-hydrogen) atoms. The predicted molar refractivity (Wildman–Crippen MR) is 55.5 cm³/mol. The fraction of sp³-hybridized carbons (Fsp3) is 0.833. The summed E-state index contributed by atoms with van der Waals surface area (Å²) in [5, 5.41) is 0. The third-order valence-electron chi connectivity index (χ3n) is 3.78. The Kier molecular flexibility index (Phi) is 2.54. The van der Waals surface area contributed by atoms with Crippen LogP contribution in [0.15, 0.2) is 12.2 Å². The Morgan fingerprint density at radius 3 is 2.40 bits per heavy atom. The van der Waals surface area contributed by atoms with Crippen LogP contribution in [0.5, 0.6) is 0 Å².